The van der Waals surface area contributed by atoms with Crippen LogP contribution in [0.3, 0.4) is 0 Å². The van der Waals surface area contributed by atoms with Crippen LogP contribution in [0.4, 0.5) is 0 Å². The smallest absolute Gasteiger partial charge is 0.315 e. The zero-order valence-electron chi connectivity index (χ0n) is 16.2. The van der Waals surface area contributed by atoms with Crippen LogP contribution >= 0.6 is 0 Å². The lowest BCUT2D eigenvalue weighted by molar-refractivity contribution is -0.246. The Balaban J connectivity index is 1.72. The van der Waals surface area contributed by atoms with Gasteiger partial charge in [-0.1, -0.05) is 51.1 Å². The van der Waals surface area contributed by atoms with E-state index in [2.05, 4.69) is 26.0 Å². The number of carbonyl (C=O) groups is 2. The van der Waals surface area contributed by atoms with Crippen LogP contribution in [0.5, 0.6) is 0 Å². The molecule has 0 spiro atoms. The number of rotatable bonds is 5. The van der Waals surface area contributed by atoms with Crippen LogP contribution in [0.15, 0.2) is 36.4 Å². The van der Waals surface area contributed by atoms with Crippen molar-refractivity contribution < 1.29 is 19.1 Å². The minimum absolute atomic E-state index is 0.0738. The highest BCUT2D eigenvalue weighted by Gasteiger charge is 2.55. The first-order valence-corrected chi connectivity index (χ1v) is 9.46. The summed E-state index contributed by atoms with van der Waals surface area (Å²) in [6.07, 6.45) is 4.28. The molecule has 0 N–H and O–H groups in total. The number of hydrogen-bond acceptors (Lipinski definition) is 4. The van der Waals surface area contributed by atoms with Crippen molar-refractivity contribution in [2.75, 3.05) is 0 Å². The summed E-state index contributed by atoms with van der Waals surface area (Å²) in [6.45, 7) is 9.81. The monoisotopic (exact) mass is 356 g/mol. The number of ether oxygens (including phenoxy) is 2. The van der Waals surface area contributed by atoms with Crippen molar-refractivity contribution in [1.82, 2.24) is 0 Å². The predicted molar refractivity (Wildman–Crippen MR) is 99.6 cm³/mol. The van der Waals surface area contributed by atoms with Crippen LogP contribution in [-0.4, -0.2) is 23.6 Å². The van der Waals surface area contributed by atoms with E-state index in [0.717, 1.165) is 12.0 Å². The average Bonchev–Trinajstić information content (AvgIpc) is 3.01. The molecule has 1 aromatic rings. The van der Waals surface area contributed by atoms with Crippen molar-refractivity contribution >= 4 is 11.8 Å². The standard InChI is InChI=1S/C22H28O4/c1-13(2)12-17-6-8-18(9-7-17)14(3)21(24)26-22-11-10-19(25-22)15(4)20(23)16(22)5/h6-11,13-16,19H,12H2,1-5H3/t14-,15-,16+,19+,22+/m1/s1. The van der Waals surface area contributed by atoms with Gasteiger partial charge in [0.2, 0.25) is 5.79 Å². The summed E-state index contributed by atoms with van der Waals surface area (Å²) < 4.78 is 11.7. The molecule has 2 bridgehead atoms. The van der Waals surface area contributed by atoms with Crippen LogP contribution < -0.4 is 0 Å². The van der Waals surface area contributed by atoms with E-state index in [1.807, 2.05) is 32.1 Å². The maximum absolute atomic E-state index is 12.7. The first kappa shape index (κ1) is 18.8. The molecule has 0 aromatic heterocycles. The molecule has 4 heteroatoms. The minimum atomic E-state index is -1.25. The fourth-order valence-electron chi connectivity index (χ4n) is 3.73. The summed E-state index contributed by atoms with van der Waals surface area (Å²) in [5.41, 5.74) is 2.16. The van der Waals surface area contributed by atoms with E-state index in [9.17, 15) is 9.59 Å². The molecule has 0 amide bonds. The molecular weight excluding hydrogens is 328 g/mol. The first-order chi connectivity index (χ1) is 12.2. The second-order valence-electron chi connectivity index (χ2n) is 8.06. The lowest BCUT2D eigenvalue weighted by atomic mass is 9.86. The second-order valence-corrected chi connectivity index (χ2v) is 8.06. The van der Waals surface area contributed by atoms with E-state index in [-0.39, 0.29) is 23.8 Å². The summed E-state index contributed by atoms with van der Waals surface area (Å²) >= 11 is 0. The minimum Gasteiger partial charge on any atom is -0.428 e. The SMILES string of the molecule is CC(C)Cc1ccc([C@@H](C)C(=O)O[C@]23C=C[C@H](O2)[C@@H](C)C(=O)[C@@H]3C)cc1. The third kappa shape index (κ3) is 3.35. The third-order valence-corrected chi connectivity index (χ3v) is 5.55. The Morgan fingerprint density at radius 2 is 1.85 bits per heavy atom. The molecule has 0 radical (unpaired) electrons. The molecule has 1 fully saturated rings. The third-order valence-electron chi connectivity index (χ3n) is 5.55. The van der Waals surface area contributed by atoms with E-state index in [1.54, 1.807) is 13.0 Å². The first-order valence-electron chi connectivity index (χ1n) is 9.46. The Labute approximate surface area is 155 Å². The summed E-state index contributed by atoms with van der Waals surface area (Å²) in [5.74, 6) is -2.09. The van der Waals surface area contributed by atoms with Gasteiger partial charge in [-0.2, -0.15) is 0 Å². The molecule has 1 saturated heterocycles. The fourth-order valence-corrected chi connectivity index (χ4v) is 3.73. The van der Waals surface area contributed by atoms with Crippen LogP contribution in [0.1, 0.15) is 51.7 Å². The molecule has 0 aliphatic carbocycles. The molecular formula is C22H28O4. The van der Waals surface area contributed by atoms with E-state index in [0.29, 0.717) is 5.92 Å². The van der Waals surface area contributed by atoms with E-state index in [1.165, 1.54) is 5.56 Å². The molecule has 0 saturated carbocycles. The summed E-state index contributed by atoms with van der Waals surface area (Å²) in [6, 6.07) is 8.08. The fraction of sp³-hybridized carbons (Fsp3) is 0.545. The summed E-state index contributed by atoms with van der Waals surface area (Å²) in [7, 11) is 0. The molecule has 0 unspecified atom stereocenters. The highest BCUT2D eigenvalue weighted by atomic mass is 16.7. The summed E-state index contributed by atoms with van der Waals surface area (Å²) in [5, 5.41) is 0. The van der Waals surface area contributed by atoms with Crippen LogP contribution in [0.25, 0.3) is 0 Å². The highest BCUT2D eigenvalue weighted by molar-refractivity contribution is 5.87. The normalized spacial score (nSPS) is 31.3. The van der Waals surface area contributed by atoms with Crippen molar-refractivity contribution in [3.05, 3.63) is 47.5 Å². The van der Waals surface area contributed by atoms with Gasteiger partial charge in [-0.3, -0.25) is 9.59 Å². The lowest BCUT2D eigenvalue weighted by Crippen LogP contribution is -2.52. The van der Waals surface area contributed by atoms with Crippen LogP contribution in [-0.2, 0) is 25.5 Å². The largest absolute Gasteiger partial charge is 0.428 e. The van der Waals surface area contributed by atoms with Gasteiger partial charge in [0.05, 0.1) is 17.9 Å². The number of esters is 1. The average molecular weight is 356 g/mol. The molecule has 2 aliphatic rings. The Kier molecular flexibility index (Phi) is 5.07. The molecule has 3 rings (SSSR count). The summed E-state index contributed by atoms with van der Waals surface area (Å²) in [4.78, 5) is 25.2. The molecule has 5 atom stereocenters. The van der Waals surface area contributed by atoms with Crippen LogP contribution in [0, 0.1) is 17.8 Å². The quantitative estimate of drug-likeness (QED) is 0.590. The highest BCUT2D eigenvalue weighted by Crippen LogP contribution is 2.42. The van der Waals surface area contributed by atoms with Gasteiger partial charge in [0.15, 0.2) is 0 Å². The Hall–Kier alpha value is -1.94. The molecule has 140 valence electrons. The van der Waals surface area contributed by atoms with Crippen molar-refractivity contribution in [1.29, 1.82) is 0 Å². The maximum Gasteiger partial charge on any atom is 0.315 e. The molecule has 26 heavy (non-hydrogen) atoms. The number of fused-ring (bicyclic) bond motifs is 2. The van der Waals surface area contributed by atoms with Crippen molar-refractivity contribution in [2.24, 2.45) is 17.8 Å². The predicted octanol–water partition coefficient (Wildman–Crippen LogP) is 4.04. The molecule has 1 aromatic carbocycles. The number of ketones is 1. The maximum atomic E-state index is 12.7. The second kappa shape index (κ2) is 6.99. The van der Waals surface area contributed by atoms with Gasteiger partial charge < -0.3 is 9.47 Å². The van der Waals surface area contributed by atoms with E-state index in [4.69, 9.17) is 9.47 Å². The van der Waals surface area contributed by atoms with E-state index < -0.39 is 17.6 Å². The van der Waals surface area contributed by atoms with Crippen molar-refractivity contribution in [2.45, 2.75) is 58.8 Å². The van der Waals surface area contributed by atoms with Gasteiger partial charge in [-0.25, -0.2) is 0 Å². The van der Waals surface area contributed by atoms with E-state index >= 15 is 0 Å². The van der Waals surface area contributed by atoms with Gasteiger partial charge >= 0.3 is 5.97 Å². The van der Waals surface area contributed by atoms with Gasteiger partial charge in [0.1, 0.15) is 5.78 Å². The molecule has 2 heterocycles. The van der Waals surface area contributed by atoms with Gasteiger partial charge in [0.25, 0.3) is 0 Å². The van der Waals surface area contributed by atoms with Crippen LogP contribution in [0.2, 0.25) is 0 Å². The van der Waals surface area contributed by atoms with Crippen molar-refractivity contribution in [3.63, 3.8) is 0 Å². The molecule has 4 nitrogen and oxygen atoms in total. The molecule has 2 aliphatic heterocycles. The number of hydrogen-bond donors (Lipinski definition) is 0. The van der Waals surface area contributed by atoms with Crippen molar-refractivity contribution in [3.8, 4) is 0 Å². The zero-order valence-corrected chi connectivity index (χ0v) is 16.2. The van der Waals surface area contributed by atoms with Gasteiger partial charge in [-0.05, 0) is 43.4 Å². The van der Waals surface area contributed by atoms with Gasteiger partial charge in [-0.15, -0.1) is 0 Å². The number of carbonyl (C=O) groups excluding carboxylic acids is 2. The Morgan fingerprint density at radius 3 is 2.46 bits per heavy atom. The number of benzene rings is 1. The Bertz CT molecular complexity index is 718. The topological polar surface area (TPSA) is 52.6 Å². The van der Waals surface area contributed by atoms with Gasteiger partial charge in [0, 0.05) is 5.92 Å². The number of Topliss-reactive ketones (excluding diaryl/α,β-unsaturated/α-hetero) is 1. The lowest BCUT2D eigenvalue weighted by Gasteiger charge is -2.40. The zero-order chi connectivity index (χ0) is 19.1. The Morgan fingerprint density at radius 1 is 1.19 bits per heavy atom.